The molecular formula is C12H32BrClN2. The summed E-state index contributed by atoms with van der Waals surface area (Å²) >= 11 is 0. The first-order valence-electron chi connectivity index (χ1n) is 5.88. The first-order chi connectivity index (χ1) is 6.24. The maximum Gasteiger partial charge on any atom is 0.0757 e. The van der Waals surface area contributed by atoms with Crippen LogP contribution in [0.3, 0.4) is 0 Å². The molecule has 0 aromatic carbocycles. The van der Waals surface area contributed by atoms with Crippen LogP contribution in [0.5, 0.6) is 0 Å². The lowest BCUT2D eigenvalue weighted by Gasteiger charge is -2.34. The molecule has 4 heteroatoms. The molecule has 0 unspecified atom stereocenters. The van der Waals surface area contributed by atoms with Gasteiger partial charge in [0.05, 0.1) is 54.4 Å². The van der Waals surface area contributed by atoms with Gasteiger partial charge in [0.25, 0.3) is 0 Å². The largest absolute Gasteiger partial charge is 1.00 e. The summed E-state index contributed by atoms with van der Waals surface area (Å²) in [6.07, 6.45) is 0. The summed E-state index contributed by atoms with van der Waals surface area (Å²) in [6, 6.07) is 0. The van der Waals surface area contributed by atoms with Crippen LogP contribution in [0.4, 0.5) is 0 Å². The summed E-state index contributed by atoms with van der Waals surface area (Å²) in [7, 11) is 8.50. The first-order valence-corrected chi connectivity index (χ1v) is 5.88. The van der Waals surface area contributed by atoms with Crippen molar-refractivity contribution in [2.45, 2.75) is 27.7 Å². The van der Waals surface area contributed by atoms with Gasteiger partial charge in [-0.25, -0.2) is 0 Å². The molecule has 0 bridgehead atoms. The minimum absolute atomic E-state index is 0. The number of quaternary nitrogens is 2. The van der Waals surface area contributed by atoms with Gasteiger partial charge in [-0.1, -0.05) is 0 Å². The second kappa shape index (κ2) is 12.2. The maximum absolute atomic E-state index is 2.27. The van der Waals surface area contributed by atoms with E-state index >= 15 is 0 Å². The third-order valence-corrected chi connectivity index (χ3v) is 2.68. The standard InChI is InChI=1S/C8H20N.C4H12N.BrH.ClH/c1-5-9(6-2,7-3)8-4;1-5(2,3)4;;/h5-8H2,1-4H3;1-4H3;2*1H/q2*+1;;/p-2. The third-order valence-electron chi connectivity index (χ3n) is 2.68. The highest BCUT2D eigenvalue weighted by atomic mass is 79.9. The van der Waals surface area contributed by atoms with Gasteiger partial charge in [0, 0.05) is 0 Å². The molecule has 0 aliphatic carbocycles. The first kappa shape index (κ1) is 25.5. The SMILES string of the molecule is CC[N+](CC)(CC)CC.C[N+](C)(C)C.[Br-].[Cl-]. The van der Waals surface area contributed by atoms with Crippen LogP contribution in [-0.4, -0.2) is 63.3 Å². The normalized spacial score (nSPS) is 10.5. The number of halogens is 2. The summed E-state index contributed by atoms with van der Waals surface area (Å²) in [4.78, 5) is 0. The molecule has 0 aromatic heterocycles. The highest BCUT2D eigenvalue weighted by Crippen LogP contribution is 2.03. The van der Waals surface area contributed by atoms with E-state index in [2.05, 4.69) is 55.9 Å². The lowest BCUT2D eigenvalue weighted by atomic mass is 10.3. The fourth-order valence-corrected chi connectivity index (χ4v) is 1.34. The van der Waals surface area contributed by atoms with Crippen molar-refractivity contribution in [3.8, 4) is 0 Å². The summed E-state index contributed by atoms with van der Waals surface area (Å²) in [6.45, 7) is 14.2. The second-order valence-electron chi connectivity index (χ2n) is 5.29. The topological polar surface area (TPSA) is 0 Å². The fourth-order valence-electron chi connectivity index (χ4n) is 1.34. The highest BCUT2D eigenvalue weighted by Gasteiger charge is 2.16. The maximum atomic E-state index is 2.27. The minimum Gasteiger partial charge on any atom is -1.00 e. The van der Waals surface area contributed by atoms with E-state index in [4.69, 9.17) is 0 Å². The Balaban J connectivity index is -0.0000000904. The predicted octanol–water partition coefficient (Wildman–Crippen LogP) is -3.79. The molecule has 0 fully saturated rings. The predicted molar refractivity (Wildman–Crippen MR) is 66.4 cm³/mol. The molecule has 0 saturated heterocycles. The third kappa shape index (κ3) is 17.1. The molecular weight excluding hydrogens is 288 g/mol. The van der Waals surface area contributed by atoms with E-state index in [1.54, 1.807) is 0 Å². The molecule has 0 saturated carbocycles. The summed E-state index contributed by atoms with van der Waals surface area (Å²) < 4.78 is 2.28. The zero-order valence-corrected chi connectivity index (χ0v) is 14.8. The number of nitrogens with zero attached hydrogens (tertiary/aromatic N) is 2. The Kier molecular flexibility index (Phi) is 19.4. The van der Waals surface area contributed by atoms with Crippen molar-refractivity contribution in [1.29, 1.82) is 0 Å². The molecule has 0 N–H and O–H groups in total. The summed E-state index contributed by atoms with van der Waals surface area (Å²) in [5.74, 6) is 0. The molecule has 0 spiro atoms. The van der Waals surface area contributed by atoms with E-state index in [1.807, 2.05) is 0 Å². The molecule has 2 nitrogen and oxygen atoms in total. The van der Waals surface area contributed by atoms with Crippen LogP contribution in [0.15, 0.2) is 0 Å². The van der Waals surface area contributed by atoms with Crippen molar-refractivity contribution in [2.75, 3.05) is 54.4 Å². The molecule has 0 aliphatic heterocycles. The Morgan fingerprint density at radius 3 is 0.750 bits per heavy atom. The smallest absolute Gasteiger partial charge is 0.0757 e. The Labute approximate surface area is 120 Å². The second-order valence-corrected chi connectivity index (χ2v) is 5.29. The zero-order valence-electron chi connectivity index (χ0n) is 12.5. The average molecular weight is 320 g/mol. The Bertz CT molecular complexity index is 108. The lowest BCUT2D eigenvalue weighted by Crippen LogP contribution is -3.00. The van der Waals surface area contributed by atoms with Gasteiger partial charge in [0.2, 0.25) is 0 Å². The number of hydrogen-bond donors (Lipinski definition) is 0. The van der Waals surface area contributed by atoms with E-state index in [0.29, 0.717) is 0 Å². The Hall–Kier alpha value is 0.690. The summed E-state index contributed by atoms with van der Waals surface area (Å²) in [5.41, 5.74) is 0. The van der Waals surface area contributed by atoms with Crippen LogP contribution in [-0.2, 0) is 0 Å². The summed E-state index contributed by atoms with van der Waals surface area (Å²) in [5, 5.41) is 0. The van der Waals surface area contributed by atoms with Gasteiger partial charge in [-0.15, -0.1) is 0 Å². The van der Waals surface area contributed by atoms with Crippen molar-refractivity contribution in [1.82, 2.24) is 0 Å². The zero-order chi connectivity index (χ0) is 11.8. The van der Waals surface area contributed by atoms with Gasteiger partial charge in [-0.05, 0) is 27.7 Å². The molecule has 0 radical (unpaired) electrons. The molecule has 0 rings (SSSR count). The molecule has 0 atom stereocenters. The van der Waals surface area contributed by atoms with Gasteiger partial charge in [0.1, 0.15) is 0 Å². The molecule has 0 amide bonds. The van der Waals surface area contributed by atoms with Gasteiger partial charge in [-0.3, -0.25) is 0 Å². The molecule has 0 heterocycles. The van der Waals surface area contributed by atoms with Crippen molar-refractivity contribution < 1.29 is 38.4 Å². The van der Waals surface area contributed by atoms with Crippen LogP contribution in [0, 0.1) is 0 Å². The van der Waals surface area contributed by atoms with Crippen LogP contribution in [0.1, 0.15) is 27.7 Å². The van der Waals surface area contributed by atoms with E-state index in [-0.39, 0.29) is 29.4 Å². The van der Waals surface area contributed by atoms with Crippen LogP contribution < -0.4 is 29.4 Å². The average Bonchev–Trinajstić information content (AvgIpc) is 2.07. The van der Waals surface area contributed by atoms with Crippen molar-refractivity contribution in [3.63, 3.8) is 0 Å². The number of rotatable bonds is 4. The van der Waals surface area contributed by atoms with Crippen LogP contribution in [0.25, 0.3) is 0 Å². The van der Waals surface area contributed by atoms with Crippen molar-refractivity contribution in [3.05, 3.63) is 0 Å². The van der Waals surface area contributed by atoms with Gasteiger partial charge in [-0.2, -0.15) is 0 Å². The monoisotopic (exact) mass is 318 g/mol. The van der Waals surface area contributed by atoms with E-state index in [0.717, 1.165) is 4.48 Å². The fraction of sp³-hybridized carbons (Fsp3) is 1.00. The van der Waals surface area contributed by atoms with E-state index in [1.165, 1.54) is 30.7 Å². The molecule has 0 aliphatic rings. The van der Waals surface area contributed by atoms with Gasteiger partial charge < -0.3 is 38.4 Å². The number of hydrogen-bond acceptors (Lipinski definition) is 0. The quantitative estimate of drug-likeness (QED) is 0.467. The molecule has 16 heavy (non-hydrogen) atoms. The van der Waals surface area contributed by atoms with E-state index in [9.17, 15) is 0 Å². The van der Waals surface area contributed by atoms with Crippen molar-refractivity contribution in [2.24, 2.45) is 0 Å². The van der Waals surface area contributed by atoms with Gasteiger partial charge in [0.15, 0.2) is 0 Å². The lowest BCUT2D eigenvalue weighted by molar-refractivity contribution is -0.921. The molecule has 0 aromatic rings. The minimum atomic E-state index is 0. The van der Waals surface area contributed by atoms with E-state index < -0.39 is 0 Å². The van der Waals surface area contributed by atoms with Crippen molar-refractivity contribution >= 4 is 0 Å². The van der Waals surface area contributed by atoms with Gasteiger partial charge >= 0.3 is 0 Å². The highest BCUT2D eigenvalue weighted by molar-refractivity contribution is 4.31. The Morgan fingerprint density at radius 2 is 0.750 bits per heavy atom. The Morgan fingerprint density at radius 1 is 0.625 bits per heavy atom. The molecule has 104 valence electrons. The van der Waals surface area contributed by atoms with Crippen LogP contribution >= 0.6 is 0 Å². The van der Waals surface area contributed by atoms with Crippen LogP contribution in [0.2, 0.25) is 0 Å².